The Labute approximate surface area is 68.6 Å². The molecule has 0 aromatic rings. The molecule has 0 atom stereocenters. The Hall–Kier alpha value is 0.310. The van der Waals surface area contributed by atoms with Crippen LogP contribution in [0.15, 0.2) is 0 Å². The van der Waals surface area contributed by atoms with Crippen molar-refractivity contribution in [2.45, 2.75) is 31.8 Å². The van der Waals surface area contributed by atoms with Crippen molar-refractivity contribution in [2.75, 3.05) is 12.9 Å². The van der Waals surface area contributed by atoms with Gasteiger partial charge < -0.3 is 4.74 Å². The smallest absolute Gasteiger partial charge is 0.0571 e. The molecule has 1 saturated carbocycles. The van der Waals surface area contributed by atoms with E-state index in [0.717, 1.165) is 11.7 Å². The Kier molecular flexibility index (Phi) is 3.57. The quantitative estimate of drug-likeness (QED) is 0.609. The van der Waals surface area contributed by atoms with E-state index in [1.54, 1.807) is 0 Å². The van der Waals surface area contributed by atoms with Gasteiger partial charge in [-0.15, -0.1) is 0 Å². The van der Waals surface area contributed by atoms with Crippen molar-refractivity contribution in [2.24, 2.45) is 5.92 Å². The van der Waals surface area contributed by atoms with Crippen molar-refractivity contribution in [3.63, 3.8) is 0 Å². The minimum absolute atomic E-state index is 0.538. The number of thiol groups is 1. The first-order valence-electron chi connectivity index (χ1n) is 4.00. The zero-order valence-corrected chi connectivity index (χ0v) is 7.44. The van der Waals surface area contributed by atoms with E-state index in [1.165, 1.54) is 25.7 Å². The minimum Gasteiger partial charge on any atom is -0.381 e. The maximum atomic E-state index is 5.26. The van der Waals surface area contributed by atoms with Crippen molar-refractivity contribution < 1.29 is 4.74 Å². The monoisotopic (exact) mass is 160 g/mol. The molecular formula is C8H16OS. The number of methoxy groups -OCH3 is 1. The van der Waals surface area contributed by atoms with Gasteiger partial charge in [-0.05, 0) is 37.4 Å². The van der Waals surface area contributed by atoms with Crippen LogP contribution in [0.3, 0.4) is 0 Å². The predicted octanol–water partition coefficient (Wildman–Crippen LogP) is 2.12. The van der Waals surface area contributed by atoms with Gasteiger partial charge in [0.05, 0.1) is 6.10 Å². The van der Waals surface area contributed by atoms with Gasteiger partial charge in [0.25, 0.3) is 0 Å². The van der Waals surface area contributed by atoms with Crippen molar-refractivity contribution in [3.05, 3.63) is 0 Å². The molecule has 0 unspecified atom stereocenters. The van der Waals surface area contributed by atoms with E-state index in [-0.39, 0.29) is 0 Å². The molecule has 60 valence electrons. The van der Waals surface area contributed by atoms with Gasteiger partial charge in [0.15, 0.2) is 0 Å². The van der Waals surface area contributed by atoms with Crippen LogP contribution in [0.25, 0.3) is 0 Å². The summed E-state index contributed by atoms with van der Waals surface area (Å²) in [5, 5.41) is 0. The molecule has 1 fully saturated rings. The molecule has 0 heterocycles. The maximum absolute atomic E-state index is 5.26. The van der Waals surface area contributed by atoms with Gasteiger partial charge in [0, 0.05) is 7.11 Å². The van der Waals surface area contributed by atoms with Crippen LogP contribution < -0.4 is 0 Å². The molecule has 0 radical (unpaired) electrons. The summed E-state index contributed by atoms with van der Waals surface area (Å²) >= 11 is 4.28. The lowest BCUT2D eigenvalue weighted by molar-refractivity contribution is 0.0600. The van der Waals surface area contributed by atoms with Crippen molar-refractivity contribution in [3.8, 4) is 0 Å². The molecule has 0 aliphatic heterocycles. The summed E-state index contributed by atoms with van der Waals surface area (Å²) in [4.78, 5) is 0. The lowest BCUT2D eigenvalue weighted by Crippen LogP contribution is -2.20. The summed E-state index contributed by atoms with van der Waals surface area (Å²) in [5.74, 6) is 1.91. The van der Waals surface area contributed by atoms with E-state index in [9.17, 15) is 0 Å². The molecule has 0 spiro atoms. The lowest BCUT2D eigenvalue weighted by Gasteiger charge is -2.26. The maximum Gasteiger partial charge on any atom is 0.0571 e. The zero-order chi connectivity index (χ0) is 7.40. The van der Waals surface area contributed by atoms with Crippen LogP contribution in [0.4, 0.5) is 0 Å². The Morgan fingerprint density at radius 3 is 2.30 bits per heavy atom. The van der Waals surface area contributed by atoms with E-state index in [1.807, 2.05) is 7.11 Å². The highest BCUT2D eigenvalue weighted by Gasteiger charge is 2.18. The minimum atomic E-state index is 0.538. The number of ether oxygens (including phenoxy) is 1. The summed E-state index contributed by atoms with van der Waals surface area (Å²) in [6, 6.07) is 0. The third-order valence-corrected chi connectivity index (χ3v) is 2.90. The van der Waals surface area contributed by atoms with Gasteiger partial charge in [-0.2, -0.15) is 12.6 Å². The van der Waals surface area contributed by atoms with E-state index >= 15 is 0 Å². The molecule has 0 amide bonds. The third kappa shape index (κ3) is 2.17. The highest BCUT2D eigenvalue weighted by molar-refractivity contribution is 7.80. The Bertz CT molecular complexity index is 75.3. The Balaban J connectivity index is 2.17. The van der Waals surface area contributed by atoms with Crippen LogP contribution in [-0.2, 0) is 4.74 Å². The average Bonchev–Trinajstić information content (AvgIpc) is 2.05. The number of hydrogen-bond donors (Lipinski definition) is 1. The Morgan fingerprint density at radius 2 is 1.90 bits per heavy atom. The number of rotatable bonds is 2. The molecule has 2 heteroatoms. The first kappa shape index (κ1) is 8.41. The van der Waals surface area contributed by atoms with Gasteiger partial charge in [-0.1, -0.05) is 0 Å². The zero-order valence-electron chi connectivity index (χ0n) is 6.55. The fourth-order valence-electron chi connectivity index (χ4n) is 1.55. The largest absolute Gasteiger partial charge is 0.381 e. The normalized spacial score (nSPS) is 34.2. The van der Waals surface area contributed by atoms with Crippen LogP contribution in [0.5, 0.6) is 0 Å². The first-order chi connectivity index (χ1) is 4.86. The third-order valence-electron chi connectivity index (χ3n) is 2.39. The summed E-state index contributed by atoms with van der Waals surface area (Å²) in [6.45, 7) is 0. The highest BCUT2D eigenvalue weighted by atomic mass is 32.1. The summed E-state index contributed by atoms with van der Waals surface area (Å²) in [5.41, 5.74) is 0. The van der Waals surface area contributed by atoms with Gasteiger partial charge in [-0.3, -0.25) is 0 Å². The fourth-order valence-corrected chi connectivity index (χ4v) is 1.92. The van der Waals surface area contributed by atoms with Crippen molar-refractivity contribution in [1.82, 2.24) is 0 Å². The van der Waals surface area contributed by atoms with Crippen molar-refractivity contribution >= 4 is 12.6 Å². The van der Waals surface area contributed by atoms with Gasteiger partial charge >= 0.3 is 0 Å². The SMILES string of the molecule is COC1CCC(CS)CC1. The highest BCUT2D eigenvalue weighted by Crippen LogP contribution is 2.26. The van der Waals surface area contributed by atoms with Gasteiger partial charge in [-0.25, -0.2) is 0 Å². The molecule has 1 nitrogen and oxygen atoms in total. The topological polar surface area (TPSA) is 9.23 Å². The second-order valence-electron chi connectivity index (χ2n) is 3.06. The molecular weight excluding hydrogens is 144 g/mol. The molecule has 0 aromatic heterocycles. The van der Waals surface area contributed by atoms with Crippen LogP contribution in [0.1, 0.15) is 25.7 Å². The van der Waals surface area contributed by atoms with Crippen LogP contribution >= 0.6 is 12.6 Å². The molecule has 1 rings (SSSR count). The van der Waals surface area contributed by atoms with E-state index in [4.69, 9.17) is 4.74 Å². The van der Waals surface area contributed by atoms with Crippen molar-refractivity contribution in [1.29, 1.82) is 0 Å². The standard InChI is InChI=1S/C8H16OS/c1-9-8-4-2-7(6-10)3-5-8/h7-8,10H,2-6H2,1H3. The molecule has 0 saturated heterocycles. The first-order valence-corrected chi connectivity index (χ1v) is 4.63. The van der Waals surface area contributed by atoms with Crippen LogP contribution in [0.2, 0.25) is 0 Å². The molecule has 0 bridgehead atoms. The van der Waals surface area contributed by atoms with Crippen LogP contribution in [-0.4, -0.2) is 19.0 Å². The predicted molar refractivity (Wildman–Crippen MR) is 46.6 cm³/mol. The second kappa shape index (κ2) is 4.24. The average molecular weight is 160 g/mol. The van der Waals surface area contributed by atoms with Crippen LogP contribution in [0, 0.1) is 5.92 Å². The van der Waals surface area contributed by atoms with E-state index in [0.29, 0.717) is 6.10 Å². The summed E-state index contributed by atoms with van der Waals surface area (Å²) in [6.07, 6.45) is 5.63. The molecule has 0 aromatic carbocycles. The molecule has 0 N–H and O–H groups in total. The van der Waals surface area contributed by atoms with E-state index < -0.39 is 0 Å². The molecule has 1 aliphatic carbocycles. The fraction of sp³-hybridized carbons (Fsp3) is 1.00. The van der Waals surface area contributed by atoms with Gasteiger partial charge in [0.2, 0.25) is 0 Å². The Morgan fingerprint density at radius 1 is 1.30 bits per heavy atom. The molecule has 1 aliphatic rings. The van der Waals surface area contributed by atoms with Gasteiger partial charge in [0.1, 0.15) is 0 Å². The lowest BCUT2D eigenvalue weighted by atomic mass is 9.89. The second-order valence-corrected chi connectivity index (χ2v) is 3.43. The summed E-state index contributed by atoms with van der Waals surface area (Å²) < 4.78 is 5.26. The molecule has 10 heavy (non-hydrogen) atoms. The van der Waals surface area contributed by atoms with E-state index in [2.05, 4.69) is 12.6 Å². The number of hydrogen-bond acceptors (Lipinski definition) is 2. The summed E-state index contributed by atoms with van der Waals surface area (Å²) in [7, 11) is 1.81.